The van der Waals surface area contributed by atoms with Crippen LogP contribution in [0.15, 0.2) is 22.8 Å². The molecule has 108 valence electrons. The van der Waals surface area contributed by atoms with E-state index in [0.29, 0.717) is 13.2 Å². The molecular formula is C13H21NO4S. The Bertz CT molecular complexity index is 463. The van der Waals surface area contributed by atoms with Gasteiger partial charge >= 0.3 is 0 Å². The predicted molar refractivity (Wildman–Crippen MR) is 72.8 cm³/mol. The fourth-order valence-corrected chi connectivity index (χ4v) is 3.64. The smallest absolute Gasteiger partial charge is 0.154 e. The van der Waals surface area contributed by atoms with E-state index in [1.165, 1.54) is 0 Å². The number of hydrogen-bond acceptors (Lipinski definition) is 5. The summed E-state index contributed by atoms with van der Waals surface area (Å²) >= 11 is 0. The van der Waals surface area contributed by atoms with Gasteiger partial charge in [-0.1, -0.05) is 0 Å². The Balaban J connectivity index is 1.72. The molecule has 2 heterocycles. The van der Waals surface area contributed by atoms with E-state index in [1.54, 1.807) is 6.26 Å². The molecule has 5 nitrogen and oxygen atoms in total. The molecule has 2 unspecified atom stereocenters. The Morgan fingerprint density at radius 1 is 1.53 bits per heavy atom. The average Bonchev–Trinajstić information content (AvgIpc) is 2.99. The quantitative estimate of drug-likeness (QED) is 0.823. The molecule has 6 heteroatoms. The van der Waals surface area contributed by atoms with Crippen LogP contribution in [-0.2, 0) is 14.6 Å². The fourth-order valence-electron chi connectivity index (χ4n) is 2.21. The molecule has 1 aromatic heterocycles. The van der Waals surface area contributed by atoms with Crippen LogP contribution in [0.4, 0.5) is 0 Å². The Kier molecular flexibility index (Phi) is 5.01. The molecule has 1 aliphatic heterocycles. The summed E-state index contributed by atoms with van der Waals surface area (Å²) in [6, 6.07) is 3.72. The monoisotopic (exact) mass is 287 g/mol. The summed E-state index contributed by atoms with van der Waals surface area (Å²) in [5.74, 6) is 1.10. The van der Waals surface area contributed by atoms with Crippen LogP contribution >= 0.6 is 0 Å². The van der Waals surface area contributed by atoms with Gasteiger partial charge in [-0.15, -0.1) is 0 Å². The first kappa shape index (κ1) is 14.6. The number of furan rings is 1. The number of sulfone groups is 1. The number of nitrogens with one attached hydrogen (secondary N) is 1. The Morgan fingerprint density at radius 2 is 2.37 bits per heavy atom. The maximum Gasteiger partial charge on any atom is 0.154 e. The maximum atomic E-state index is 11.9. The highest BCUT2D eigenvalue weighted by Gasteiger charge is 2.23. The lowest BCUT2D eigenvalue weighted by atomic mass is 10.2. The SMILES string of the molecule is CC(NCCS(=O)(=O)CC1CCCO1)c1ccco1. The molecule has 0 bridgehead atoms. The molecular weight excluding hydrogens is 266 g/mol. The number of ether oxygens (including phenoxy) is 1. The molecule has 1 aromatic rings. The highest BCUT2D eigenvalue weighted by molar-refractivity contribution is 7.91. The van der Waals surface area contributed by atoms with Gasteiger partial charge in [0.1, 0.15) is 5.76 Å². The van der Waals surface area contributed by atoms with Crippen molar-refractivity contribution in [2.24, 2.45) is 0 Å². The first-order valence-corrected chi connectivity index (χ1v) is 8.48. The Morgan fingerprint density at radius 3 is 3.00 bits per heavy atom. The van der Waals surface area contributed by atoms with E-state index in [-0.39, 0.29) is 23.7 Å². The zero-order chi connectivity index (χ0) is 13.7. The van der Waals surface area contributed by atoms with Gasteiger partial charge in [-0.25, -0.2) is 8.42 Å². The molecule has 0 radical (unpaired) electrons. The fraction of sp³-hybridized carbons (Fsp3) is 0.692. The topological polar surface area (TPSA) is 68.5 Å². The minimum Gasteiger partial charge on any atom is -0.468 e. The van der Waals surface area contributed by atoms with Crippen molar-refractivity contribution in [1.29, 1.82) is 0 Å². The third-order valence-electron chi connectivity index (χ3n) is 3.30. The lowest BCUT2D eigenvalue weighted by Crippen LogP contribution is -2.29. The van der Waals surface area contributed by atoms with E-state index in [1.807, 2.05) is 19.1 Å². The van der Waals surface area contributed by atoms with Gasteiger partial charge in [0.25, 0.3) is 0 Å². The van der Waals surface area contributed by atoms with Gasteiger partial charge in [-0.2, -0.15) is 0 Å². The summed E-state index contributed by atoms with van der Waals surface area (Å²) in [4.78, 5) is 0. The second-order valence-corrected chi connectivity index (χ2v) is 7.17. The van der Waals surface area contributed by atoms with Crippen molar-refractivity contribution < 1.29 is 17.6 Å². The van der Waals surface area contributed by atoms with Crippen LogP contribution in [-0.4, -0.2) is 39.2 Å². The Hall–Kier alpha value is -0.850. The molecule has 0 spiro atoms. The van der Waals surface area contributed by atoms with Crippen LogP contribution in [0, 0.1) is 0 Å². The predicted octanol–water partition coefficient (Wildman–Crippen LogP) is 1.52. The van der Waals surface area contributed by atoms with Crippen LogP contribution < -0.4 is 5.32 Å². The molecule has 0 aromatic carbocycles. The molecule has 0 amide bonds. The number of rotatable bonds is 7. The van der Waals surface area contributed by atoms with E-state index in [0.717, 1.165) is 18.6 Å². The highest BCUT2D eigenvalue weighted by Crippen LogP contribution is 2.15. The summed E-state index contributed by atoms with van der Waals surface area (Å²) in [6.45, 7) is 3.07. The lowest BCUT2D eigenvalue weighted by Gasteiger charge is -2.13. The second-order valence-electron chi connectivity index (χ2n) is 4.94. The third kappa shape index (κ3) is 4.63. The lowest BCUT2D eigenvalue weighted by molar-refractivity contribution is 0.127. The summed E-state index contributed by atoms with van der Waals surface area (Å²) < 4.78 is 34.4. The molecule has 2 atom stereocenters. The van der Waals surface area contributed by atoms with Crippen molar-refractivity contribution in [3.8, 4) is 0 Å². The van der Waals surface area contributed by atoms with Gasteiger partial charge in [-0.3, -0.25) is 0 Å². The molecule has 2 rings (SSSR count). The van der Waals surface area contributed by atoms with Crippen molar-refractivity contribution in [3.05, 3.63) is 24.2 Å². The Labute approximate surface area is 114 Å². The van der Waals surface area contributed by atoms with Crippen molar-refractivity contribution in [1.82, 2.24) is 5.32 Å². The molecule has 0 saturated carbocycles. The van der Waals surface area contributed by atoms with Crippen molar-refractivity contribution in [3.63, 3.8) is 0 Å². The van der Waals surface area contributed by atoms with Gasteiger partial charge in [0, 0.05) is 13.2 Å². The third-order valence-corrected chi connectivity index (χ3v) is 5.00. The standard InChI is InChI=1S/C13H21NO4S/c1-11(13-5-3-8-18-13)14-6-9-19(15,16)10-12-4-2-7-17-12/h3,5,8,11-12,14H,2,4,6-7,9-10H2,1H3. The van der Waals surface area contributed by atoms with Gasteiger partial charge in [-0.05, 0) is 31.9 Å². The molecule has 1 aliphatic rings. The van der Waals surface area contributed by atoms with Crippen LogP contribution in [0.1, 0.15) is 31.6 Å². The summed E-state index contributed by atoms with van der Waals surface area (Å²) in [5, 5.41) is 3.15. The van der Waals surface area contributed by atoms with Crippen LogP contribution in [0.5, 0.6) is 0 Å². The van der Waals surface area contributed by atoms with E-state index in [2.05, 4.69) is 5.32 Å². The van der Waals surface area contributed by atoms with E-state index < -0.39 is 9.84 Å². The largest absolute Gasteiger partial charge is 0.468 e. The maximum absolute atomic E-state index is 11.9. The highest BCUT2D eigenvalue weighted by atomic mass is 32.2. The molecule has 1 N–H and O–H groups in total. The average molecular weight is 287 g/mol. The first-order chi connectivity index (χ1) is 9.07. The summed E-state index contributed by atoms with van der Waals surface area (Å²) in [6.07, 6.45) is 3.33. The molecule has 1 saturated heterocycles. The van der Waals surface area contributed by atoms with Gasteiger partial charge < -0.3 is 14.5 Å². The van der Waals surface area contributed by atoms with Crippen molar-refractivity contribution >= 4 is 9.84 Å². The normalized spacial score (nSPS) is 21.6. The van der Waals surface area contributed by atoms with Crippen LogP contribution in [0.25, 0.3) is 0 Å². The van der Waals surface area contributed by atoms with Crippen LogP contribution in [0.3, 0.4) is 0 Å². The van der Waals surface area contributed by atoms with Crippen LogP contribution in [0.2, 0.25) is 0 Å². The van der Waals surface area contributed by atoms with E-state index in [4.69, 9.17) is 9.15 Å². The zero-order valence-corrected chi connectivity index (χ0v) is 12.0. The number of hydrogen-bond donors (Lipinski definition) is 1. The summed E-state index contributed by atoms with van der Waals surface area (Å²) in [7, 11) is -3.05. The molecule has 0 aliphatic carbocycles. The second kappa shape index (κ2) is 6.54. The molecule has 19 heavy (non-hydrogen) atoms. The summed E-state index contributed by atoms with van der Waals surface area (Å²) in [5.41, 5.74) is 0. The van der Waals surface area contributed by atoms with E-state index >= 15 is 0 Å². The molecule has 1 fully saturated rings. The minimum absolute atomic E-state index is 0.0212. The van der Waals surface area contributed by atoms with Gasteiger partial charge in [0.15, 0.2) is 9.84 Å². The van der Waals surface area contributed by atoms with Crippen molar-refractivity contribution in [2.75, 3.05) is 24.7 Å². The van der Waals surface area contributed by atoms with Gasteiger partial charge in [0.05, 0.1) is 29.9 Å². The minimum atomic E-state index is -3.05. The van der Waals surface area contributed by atoms with E-state index in [9.17, 15) is 8.42 Å². The van der Waals surface area contributed by atoms with Gasteiger partial charge in [0.2, 0.25) is 0 Å². The van der Waals surface area contributed by atoms with Crippen molar-refractivity contribution in [2.45, 2.75) is 31.9 Å². The zero-order valence-electron chi connectivity index (χ0n) is 11.2. The first-order valence-electron chi connectivity index (χ1n) is 6.65.